The zero-order chi connectivity index (χ0) is 5.86. The van der Waals surface area contributed by atoms with E-state index < -0.39 is 0 Å². The van der Waals surface area contributed by atoms with Gasteiger partial charge in [0, 0.05) is 8.75 Å². The predicted octanol–water partition coefficient (Wildman–Crippen LogP) is 2.98. The molecule has 0 N–H and O–H groups in total. The van der Waals surface area contributed by atoms with Gasteiger partial charge in [0.25, 0.3) is 0 Å². The molecule has 7 heavy (non-hydrogen) atoms. The quantitative estimate of drug-likeness (QED) is 0.537. The van der Waals surface area contributed by atoms with Crippen molar-refractivity contribution in [1.29, 1.82) is 0 Å². The summed E-state index contributed by atoms with van der Waals surface area (Å²) in [6.45, 7) is 4.38. The van der Waals surface area contributed by atoms with Crippen molar-refractivity contribution in [2.24, 2.45) is 0 Å². The molecule has 0 bridgehead atoms. The van der Waals surface area contributed by atoms with Crippen LogP contribution in [0.4, 0.5) is 0 Å². The minimum absolute atomic E-state index is 0.665. The van der Waals surface area contributed by atoms with Crippen molar-refractivity contribution in [1.82, 2.24) is 0 Å². The van der Waals surface area contributed by atoms with Gasteiger partial charge in [-0.1, -0.05) is 52.4 Å². The normalized spacial score (nSPS) is 18.9. The second-order valence-electron chi connectivity index (χ2n) is 1.60. The molecule has 0 amide bonds. The summed E-state index contributed by atoms with van der Waals surface area (Å²) in [6, 6.07) is 0. The largest absolute Gasteiger partial charge is 0.0882 e. The molecule has 0 saturated heterocycles. The summed E-state index contributed by atoms with van der Waals surface area (Å²) in [4.78, 5) is 0.665. The van der Waals surface area contributed by atoms with Gasteiger partial charge in [0.15, 0.2) is 0 Å². The summed E-state index contributed by atoms with van der Waals surface area (Å²) in [7, 11) is 0. The first kappa shape index (κ1) is 8.21. The molecule has 0 spiro atoms. The van der Waals surface area contributed by atoms with Crippen molar-refractivity contribution >= 4 is 38.5 Å². The second kappa shape index (κ2) is 4.13. The summed E-state index contributed by atoms with van der Waals surface area (Å²) in [5, 5.41) is 0. The van der Waals surface area contributed by atoms with Crippen LogP contribution in [0.1, 0.15) is 20.3 Å². The lowest BCUT2D eigenvalue weighted by Crippen LogP contribution is -2.06. The fraction of sp³-hybridized carbons (Fsp3) is 1.00. The Morgan fingerprint density at radius 2 is 2.14 bits per heavy atom. The molecule has 0 aromatic carbocycles. The van der Waals surface area contributed by atoms with Gasteiger partial charge in [-0.25, -0.2) is 0 Å². The van der Waals surface area contributed by atoms with E-state index in [1.807, 2.05) is 0 Å². The van der Waals surface area contributed by atoms with Gasteiger partial charge in [-0.05, 0) is 6.42 Å². The van der Waals surface area contributed by atoms with Crippen molar-refractivity contribution in [3.8, 4) is 0 Å². The molecule has 0 nitrogen and oxygen atoms in total. The molecular formula is C5H10BrI. The van der Waals surface area contributed by atoms with Gasteiger partial charge in [-0.2, -0.15) is 0 Å². The van der Waals surface area contributed by atoms with E-state index in [0.717, 1.165) is 3.92 Å². The number of hydrogen-bond donors (Lipinski definition) is 0. The molecule has 2 atom stereocenters. The number of halogens is 2. The van der Waals surface area contributed by atoms with E-state index in [0.29, 0.717) is 4.83 Å². The molecule has 0 aliphatic rings. The summed E-state index contributed by atoms with van der Waals surface area (Å²) >= 11 is 5.94. The highest BCUT2D eigenvalue weighted by Gasteiger charge is 2.05. The first-order valence-corrected chi connectivity index (χ1v) is 4.62. The average molecular weight is 277 g/mol. The van der Waals surface area contributed by atoms with Crippen molar-refractivity contribution in [3.05, 3.63) is 0 Å². The van der Waals surface area contributed by atoms with E-state index in [1.165, 1.54) is 6.42 Å². The molecule has 0 aromatic heterocycles. The summed E-state index contributed by atoms with van der Waals surface area (Å²) in [6.07, 6.45) is 1.26. The first-order chi connectivity index (χ1) is 3.18. The van der Waals surface area contributed by atoms with Crippen molar-refractivity contribution < 1.29 is 0 Å². The first-order valence-electron chi connectivity index (χ1n) is 2.46. The molecule has 0 rings (SSSR count). The molecule has 44 valence electrons. The van der Waals surface area contributed by atoms with E-state index >= 15 is 0 Å². The van der Waals surface area contributed by atoms with Crippen LogP contribution in [-0.4, -0.2) is 8.75 Å². The Bertz CT molecular complexity index is 45.3. The van der Waals surface area contributed by atoms with E-state index in [4.69, 9.17) is 0 Å². The summed E-state index contributed by atoms with van der Waals surface area (Å²) < 4.78 is 0.789. The van der Waals surface area contributed by atoms with Gasteiger partial charge in [0.2, 0.25) is 0 Å². The molecule has 0 aliphatic carbocycles. The fourth-order valence-electron chi connectivity index (χ4n) is 0.325. The van der Waals surface area contributed by atoms with Gasteiger partial charge in [0.05, 0.1) is 0 Å². The minimum Gasteiger partial charge on any atom is -0.0882 e. The van der Waals surface area contributed by atoms with Crippen molar-refractivity contribution in [3.63, 3.8) is 0 Å². The monoisotopic (exact) mass is 276 g/mol. The molecule has 2 unspecified atom stereocenters. The highest BCUT2D eigenvalue weighted by molar-refractivity contribution is 14.1. The van der Waals surface area contributed by atoms with Crippen LogP contribution in [0.25, 0.3) is 0 Å². The van der Waals surface area contributed by atoms with Crippen LogP contribution in [0.5, 0.6) is 0 Å². The van der Waals surface area contributed by atoms with E-state index in [2.05, 4.69) is 52.4 Å². The average Bonchev–Trinajstić information content (AvgIpc) is 1.65. The molecule has 0 aliphatic heterocycles. The molecule has 0 radical (unpaired) electrons. The highest BCUT2D eigenvalue weighted by Crippen LogP contribution is 2.16. The zero-order valence-corrected chi connectivity index (χ0v) is 8.36. The van der Waals surface area contributed by atoms with Gasteiger partial charge in [0.1, 0.15) is 0 Å². The maximum absolute atomic E-state index is 3.49. The van der Waals surface area contributed by atoms with E-state index in [-0.39, 0.29) is 0 Å². The van der Waals surface area contributed by atoms with Crippen LogP contribution in [0.15, 0.2) is 0 Å². The Kier molecular flexibility index (Phi) is 4.84. The predicted molar refractivity (Wildman–Crippen MR) is 46.5 cm³/mol. The molecule has 0 heterocycles. The summed E-state index contributed by atoms with van der Waals surface area (Å²) in [5.41, 5.74) is 0. The van der Waals surface area contributed by atoms with Crippen LogP contribution in [0, 0.1) is 0 Å². The smallest absolute Gasteiger partial charge is 0.0235 e. The van der Waals surface area contributed by atoms with Crippen molar-refractivity contribution in [2.45, 2.75) is 29.0 Å². The van der Waals surface area contributed by atoms with Gasteiger partial charge < -0.3 is 0 Å². The van der Waals surface area contributed by atoms with E-state index in [9.17, 15) is 0 Å². The maximum Gasteiger partial charge on any atom is 0.0235 e. The molecule has 0 saturated carbocycles. The third-order valence-corrected chi connectivity index (χ3v) is 4.47. The zero-order valence-electron chi connectivity index (χ0n) is 4.62. The van der Waals surface area contributed by atoms with Crippen LogP contribution in [-0.2, 0) is 0 Å². The van der Waals surface area contributed by atoms with Crippen LogP contribution < -0.4 is 0 Å². The third-order valence-electron chi connectivity index (χ3n) is 0.888. The Hall–Kier alpha value is 1.21. The van der Waals surface area contributed by atoms with Gasteiger partial charge >= 0.3 is 0 Å². The lowest BCUT2D eigenvalue weighted by molar-refractivity contribution is 0.846. The number of hydrogen-bond acceptors (Lipinski definition) is 0. The second-order valence-corrected chi connectivity index (χ2v) is 4.65. The third kappa shape index (κ3) is 3.76. The topological polar surface area (TPSA) is 0 Å². The Labute approximate surface area is 67.3 Å². The molecule has 0 fully saturated rings. The van der Waals surface area contributed by atoms with E-state index in [1.54, 1.807) is 0 Å². The Morgan fingerprint density at radius 3 is 2.14 bits per heavy atom. The Morgan fingerprint density at radius 1 is 1.71 bits per heavy atom. The molecule has 0 aromatic rings. The fourth-order valence-corrected chi connectivity index (χ4v) is 0.699. The van der Waals surface area contributed by atoms with Gasteiger partial charge in [-0.3, -0.25) is 0 Å². The van der Waals surface area contributed by atoms with Crippen LogP contribution in [0.2, 0.25) is 0 Å². The number of rotatable bonds is 2. The van der Waals surface area contributed by atoms with Crippen LogP contribution in [0.3, 0.4) is 0 Å². The molecular weight excluding hydrogens is 267 g/mol. The highest BCUT2D eigenvalue weighted by atomic mass is 127. The lowest BCUT2D eigenvalue weighted by Gasteiger charge is -2.06. The maximum atomic E-state index is 3.49. The van der Waals surface area contributed by atoms with Gasteiger partial charge in [-0.15, -0.1) is 0 Å². The van der Waals surface area contributed by atoms with Crippen molar-refractivity contribution in [2.75, 3.05) is 0 Å². The summed E-state index contributed by atoms with van der Waals surface area (Å²) in [5.74, 6) is 0. The minimum atomic E-state index is 0.665. The molecule has 2 heteroatoms. The number of alkyl halides is 2. The SMILES string of the molecule is CCC(I)C(C)Br. The Balaban J connectivity index is 3.14. The standard InChI is InChI=1S/C5H10BrI/c1-3-5(7)4(2)6/h4-5H,3H2,1-2H3. The lowest BCUT2D eigenvalue weighted by atomic mass is 10.3. The van der Waals surface area contributed by atoms with Crippen LogP contribution >= 0.6 is 38.5 Å².